The standard InChI is InChI=1S/C4H11NO.C3H4O2.ClH/c1-4(6)5(2)3;1-2-3(4)5;/h4,6H,1-3H3;2H,1H2,(H,4,5);1H. The van der Waals surface area contributed by atoms with Crippen LogP contribution < -0.4 is 0 Å². The molecule has 0 aliphatic heterocycles. The average Bonchev–Trinajstić information content (AvgIpc) is 1.89. The molecule has 12 heavy (non-hydrogen) atoms. The number of nitrogens with zero attached hydrogens (tertiary/aromatic N) is 1. The molecule has 5 heteroatoms. The summed E-state index contributed by atoms with van der Waals surface area (Å²) in [6, 6.07) is 0. The first-order valence-corrected chi connectivity index (χ1v) is 3.11. The molecule has 0 aromatic rings. The van der Waals surface area contributed by atoms with Crippen molar-refractivity contribution in [1.29, 1.82) is 0 Å². The van der Waals surface area contributed by atoms with Gasteiger partial charge in [-0.25, -0.2) is 4.79 Å². The summed E-state index contributed by atoms with van der Waals surface area (Å²) in [6.07, 6.45) is 0.519. The summed E-state index contributed by atoms with van der Waals surface area (Å²) in [5.74, 6) is -0.981. The van der Waals surface area contributed by atoms with Gasteiger partial charge >= 0.3 is 5.97 Å². The number of aliphatic hydroxyl groups is 1. The van der Waals surface area contributed by atoms with Crippen LogP contribution >= 0.6 is 12.4 Å². The van der Waals surface area contributed by atoms with Crippen molar-refractivity contribution in [2.75, 3.05) is 14.1 Å². The second-order valence-corrected chi connectivity index (χ2v) is 2.14. The predicted octanol–water partition coefficient (Wildman–Crippen LogP) is 0.565. The molecular weight excluding hydrogens is 182 g/mol. The van der Waals surface area contributed by atoms with Gasteiger partial charge in [0.05, 0.1) is 0 Å². The molecular formula is C7H16ClNO3. The van der Waals surface area contributed by atoms with Crippen molar-refractivity contribution in [3.05, 3.63) is 12.7 Å². The molecule has 0 radical (unpaired) electrons. The van der Waals surface area contributed by atoms with E-state index in [-0.39, 0.29) is 18.6 Å². The number of halogens is 1. The second kappa shape index (κ2) is 10.4. The number of aliphatic hydroxyl groups excluding tert-OH is 1. The zero-order valence-corrected chi connectivity index (χ0v) is 8.34. The number of carbonyl (C=O) groups is 1. The lowest BCUT2D eigenvalue weighted by Gasteiger charge is -2.11. The zero-order chi connectivity index (χ0) is 9.44. The maximum atomic E-state index is 9.25. The minimum Gasteiger partial charge on any atom is -0.478 e. The number of rotatable bonds is 2. The Bertz CT molecular complexity index is 120. The van der Waals surface area contributed by atoms with Gasteiger partial charge < -0.3 is 10.2 Å². The molecule has 0 aliphatic carbocycles. The van der Waals surface area contributed by atoms with E-state index >= 15 is 0 Å². The maximum Gasteiger partial charge on any atom is 0.327 e. The lowest BCUT2D eigenvalue weighted by atomic mass is 10.6. The maximum absolute atomic E-state index is 9.25. The summed E-state index contributed by atoms with van der Waals surface area (Å²) in [7, 11) is 3.65. The smallest absolute Gasteiger partial charge is 0.327 e. The van der Waals surface area contributed by atoms with Gasteiger partial charge in [-0.1, -0.05) is 6.58 Å². The molecule has 0 aromatic carbocycles. The first-order valence-electron chi connectivity index (χ1n) is 3.11. The van der Waals surface area contributed by atoms with E-state index in [4.69, 9.17) is 10.2 Å². The van der Waals surface area contributed by atoms with Crippen LogP contribution in [0, 0.1) is 0 Å². The van der Waals surface area contributed by atoms with Crippen molar-refractivity contribution in [2.45, 2.75) is 13.2 Å². The molecule has 0 spiro atoms. The first-order chi connectivity index (χ1) is 4.91. The molecule has 0 bridgehead atoms. The van der Waals surface area contributed by atoms with Gasteiger partial charge in [0.2, 0.25) is 0 Å². The van der Waals surface area contributed by atoms with Gasteiger partial charge in [0.1, 0.15) is 6.23 Å². The van der Waals surface area contributed by atoms with Gasteiger partial charge in [0, 0.05) is 6.08 Å². The summed E-state index contributed by atoms with van der Waals surface area (Å²) >= 11 is 0. The molecule has 0 aliphatic rings. The van der Waals surface area contributed by atoms with Crippen LogP contribution in [0.5, 0.6) is 0 Å². The Morgan fingerprint density at radius 1 is 1.58 bits per heavy atom. The molecule has 74 valence electrons. The SMILES string of the molecule is C=CC(=O)O.CC(O)N(C)C.Cl. The summed E-state index contributed by atoms with van der Waals surface area (Å²) in [5.41, 5.74) is 0. The predicted molar refractivity (Wildman–Crippen MR) is 50.4 cm³/mol. The fraction of sp³-hybridized carbons (Fsp3) is 0.571. The van der Waals surface area contributed by atoms with E-state index < -0.39 is 5.97 Å². The normalized spacial score (nSPS) is 10.4. The first kappa shape index (κ1) is 17.5. The van der Waals surface area contributed by atoms with Crippen molar-refractivity contribution >= 4 is 18.4 Å². The summed E-state index contributed by atoms with van der Waals surface area (Å²) < 4.78 is 0. The molecule has 0 fully saturated rings. The minimum atomic E-state index is -0.981. The quantitative estimate of drug-likeness (QED) is 0.502. The van der Waals surface area contributed by atoms with E-state index in [9.17, 15) is 4.79 Å². The van der Waals surface area contributed by atoms with Gasteiger partial charge in [0.25, 0.3) is 0 Å². The number of carboxylic acid groups (broad SMARTS) is 1. The Morgan fingerprint density at radius 3 is 1.75 bits per heavy atom. The fourth-order valence-corrected chi connectivity index (χ4v) is 0. The molecule has 0 rings (SSSR count). The highest BCUT2D eigenvalue weighted by Gasteiger charge is 1.92. The third-order valence-corrected chi connectivity index (χ3v) is 0.922. The third-order valence-electron chi connectivity index (χ3n) is 0.922. The van der Waals surface area contributed by atoms with Crippen molar-refractivity contribution in [3.63, 3.8) is 0 Å². The summed E-state index contributed by atoms with van der Waals surface area (Å²) in [5, 5.41) is 16.2. The van der Waals surface area contributed by atoms with Crippen LogP contribution in [0.15, 0.2) is 12.7 Å². The van der Waals surface area contributed by atoms with E-state index in [0.717, 1.165) is 6.08 Å². The molecule has 4 nitrogen and oxygen atoms in total. The topological polar surface area (TPSA) is 60.8 Å². The van der Waals surface area contributed by atoms with E-state index in [2.05, 4.69) is 6.58 Å². The third kappa shape index (κ3) is 22.7. The average molecular weight is 198 g/mol. The molecule has 0 saturated heterocycles. The van der Waals surface area contributed by atoms with E-state index in [0.29, 0.717) is 0 Å². The van der Waals surface area contributed by atoms with E-state index in [1.54, 1.807) is 11.8 Å². The van der Waals surface area contributed by atoms with E-state index in [1.807, 2.05) is 14.1 Å². The van der Waals surface area contributed by atoms with Crippen LogP contribution in [0.4, 0.5) is 0 Å². The Labute approximate surface area is 78.9 Å². The minimum absolute atomic E-state index is 0. The number of aliphatic carboxylic acids is 1. The molecule has 0 heterocycles. The Hall–Kier alpha value is -0.580. The van der Waals surface area contributed by atoms with Gasteiger partial charge in [-0.05, 0) is 21.0 Å². The molecule has 1 unspecified atom stereocenters. The fourth-order valence-electron chi connectivity index (χ4n) is 0. The van der Waals surface area contributed by atoms with Crippen molar-refractivity contribution in [3.8, 4) is 0 Å². The molecule has 0 amide bonds. The van der Waals surface area contributed by atoms with Gasteiger partial charge in [0.15, 0.2) is 0 Å². The van der Waals surface area contributed by atoms with Crippen LogP contribution in [0.25, 0.3) is 0 Å². The Balaban J connectivity index is -0.000000126. The van der Waals surface area contributed by atoms with Crippen molar-refractivity contribution in [2.24, 2.45) is 0 Å². The highest BCUT2D eigenvalue weighted by Crippen LogP contribution is 1.79. The zero-order valence-electron chi connectivity index (χ0n) is 7.52. The Morgan fingerprint density at radius 2 is 1.75 bits per heavy atom. The van der Waals surface area contributed by atoms with Gasteiger partial charge in [-0.15, -0.1) is 12.4 Å². The highest BCUT2D eigenvalue weighted by molar-refractivity contribution is 5.85. The van der Waals surface area contributed by atoms with Crippen molar-refractivity contribution < 1.29 is 15.0 Å². The largest absolute Gasteiger partial charge is 0.478 e. The lowest BCUT2D eigenvalue weighted by molar-refractivity contribution is -0.131. The van der Waals surface area contributed by atoms with E-state index in [1.165, 1.54) is 0 Å². The molecule has 1 atom stereocenters. The number of hydrogen-bond donors (Lipinski definition) is 2. The van der Waals surface area contributed by atoms with Crippen molar-refractivity contribution in [1.82, 2.24) is 4.90 Å². The van der Waals surface area contributed by atoms with Crippen LogP contribution in [-0.2, 0) is 4.79 Å². The van der Waals surface area contributed by atoms with Crippen LogP contribution in [-0.4, -0.2) is 41.4 Å². The van der Waals surface area contributed by atoms with Crippen LogP contribution in [0.3, 0.4) is 0 Å². The summed E-state index contributed by atoms with van der Waals surface area (Å²) in [4.78, 5) is 11.0. The monoisotopic (exact) mass is 197 g/mol. The molecule has 2 N–H and O–H groups in total. The summed E-state index contributed by atoms with van der Waals surface area (Å²) in [6.45, 7) is 4.68. The van der Waals surface area contributed by atoms with Gasteiger partial charge in [-0.2, -0.15) is 0 Å². The lowest BCUT2D eigenvalue weighted by Crippen LogP contribution is -2.23. The van der Waals surface area contributed by atoms with Crippen LogP contribution in [0.1, 0.15) is 6.92 Å². The molecule has 0 aromatic heterocycles. The number of carboxylic acids is 1. The number of hydrogen-bond acceptors (Lipinski definition) is 3. The Kier molecular flexibility index (Phi) is 15.2. The van der Waals surface area contributed by atoms with Gasteiger partial charge in [-0.3, -0.25) is 4.90 Å². The highest BCUT2D eigenvalue weighted by atomic mass is 35.5. The second-order valence-electron chi connectivity index (χ2n) is 2.14. The van der Waals surface area contributed by atoms with Crippen LogP contribution in [0.2, 0.25) is 0 Å². The molecule has 0 saturated carbocycles.